The summed E-state index contributed by atoms with van der Waals surface area (Å²) in [5.74, 6) is 0.921. The molecule has 1 unspecified atom stereocenters. The zero-order valence-corrected chi connectivity index (χ0v) is 11.6. The number of hydrogen-bond donors (Lipinski definition) is 2. The Labute approximate surface area is 115 Å². The van der Waals surface area contributed by atoms with Crippen LogP contribution in [0.15, 0.2) is 0 Å². The van der Waals surface area contributed by atoms with Crippen molar-refractivity contribution in [2.45, 2.75) is 37.8 Å². The molecule has 4 saturated heterocycles. The zero-order chi connectivity index (χ0) is 13.1. The van der Waals surface area contributed by atoms with E-state index >= 15 is 0 Å². The number of nitrogens with one attached hydrogen (secondary N) is 2. The number of carbonyl (C=O) groups excluding carboxylic acids is 1. The molecule has 1 amide bonds. The van der Waals surface area contributed by atoms with Crippen LogP contribution < -0.4 is 10.6 Å². The Kier molecular flexibility index (Phi) is 4.35. The third-order valence-corrected chi connectivity index (χ3v) is 4.77. The van der Waals surface area contributed by atoms with E-state index in [2.05, 4.69) is 15.5 Å². The van der Waals surface area contributed by atoms with Crippen LogP contribution in [0.3, 0.4) is 0 Å². The second kappa shape index (κ2) is 6.20. The van der Waals surface area contributed by atoms with Crippen LogP contribution in [-0.2, 0) is 9.53 Å². The van der Waals surface area contributed by atoms with Crippen molar-refractivity contribution in [2.75, 3.05) is 39.4 Å². The van der Waals surface area contributed by atoms with Gasteiger partial charge in [0.1, 0.15) is 0 Å². The lowest BCUT2D eigenvalue weighted by Crippen LogP contribution is -2.57. The molecule has 0 aliphatic carbocycles. The Hall–Kier alpha value is -0.650. The number of carbonyl (C=O) groups is 1. The summed E-state index contributed by atoms with van der Waals surface area (Å²) >= 11 is 0. The highest BCUT2D eigenvalue weighted by atomic mass is 16.5. The number of nitrogens with zero attached hydrogens (tertiary/aromatic N) is 1. The van der Waals surface area contributed by atoms with Gasteiger partial charge in [-0.25, -0.2) is 0 Å². The van der Waals surface area contributed by atoms with E-state index in [0.717, 1.165) is 38.5 Å². The highest BCUT2D eigenvalue weighted by Gasteiger charge is 2.33. The first kappa shape index (κ1) is 13.3. The van der Waals surface area contributed by atoms with Crippen LogP contribution in [0.5, 0.6) is 0 Å². The van der Waals surface area contributed by atoms with Crippen LogP contribution in [0, 0.1) is 5.92 Å². The highest BCUT2D eigenvalue weighted by molar-refractivity contribution is 5.78. The monoisotopic (exact) mass is 267 g/mol. The molecule has 0 aromatic carbocycles. The van der Waals surface area contributed by atoms with E-state index in [1.807, 2.05) is 0 Å². The standard InChI is InChI=1S/C14H25N3O2/c18-14(16-12-3-7-19-8-4-12)9-15-13-10-17-5-1-11(13)2-6-17/h11-13,15H,1-10H2,(H,16,18). The summed E-state index contributed by atoms with van der Waals surface area (Å²) in [5, 5.41) is 6.56. The maximum atomic E-state index is 11.9. The van der Waals surface area contributed by atoms with Gasteiger partial charge in [0.15, 0.2) is 0 Å². The average Bonchev–Trinajstić information content (AvgIpc) is 2.47. The first-order valence-electron chi connectivity index (χ1n) is 7.64. The zero-order valence-electron chi connectivity index (χ0n) is 11.6. The van der Waals surface area contributed by atoms with Gasteiger partial charge in [0.05, 0.1) is 6.54 Å². The summed E-state index contributed by atoms with van der Waals surface area (Å²) in [5.41, 5.74) is 0. The maximum Gasteiger partial charge on any atom is 0.234 e. The lowest BCUT2D eigenvalue weighted by Gasteiger charge is -2.45. The predicted molar refractivity (Wildman–Crippen MR) is 72.9 cm³/mol. The molecule has 0 aromatic heterocycles. The molecular formula is C14H25N3O2. The third kappa shape index (κ3) is 3.46. The van der Waals surface area contributed by atoms with Gasteiger partial charge in [-0.1, -0.05) is 0 Å². The molecule has 19 heavy (non-hydrogen) atoms. The molecule has 5 nitrogen and oxygen atoms in total. The van der Waals surface area contributed by atoms with Crippen LogP contribution in [-0.4, -0.2) is 62.3 Å². The molecule has 4 heterocycles. The number of ether oxygens (including phenoxy) is 1. The van der Waals surface area contributed by atoms with Crippen LogP contribution >= 0.6 is 0 Å². The van der Waals surface area contributed by atoms with Crippen molar-refractivity contribution in [2.24, 2.45) is 5.92 Å². The second-order valence-corrected chi connectivity index (χ2v) is 6.08. The summed E-state index contributed by atoms with van der Waals surface area (Å²) in [6.07, 6.45) is 4.48. The van der Waals surface area contributed by atoms with E-state index in [-0.39, 0.29) is 5.91 Å². The molecular weight excluding hydrogens is 242 g/mol. The lowest BCUT2D eigenvalue weighted by molar-refractivity contribution is -0.121. The number of rotatable bonds is 4. The minimum atomic E-state index is 0.142. The van der Waals surface area contributed by atoms with Crippen molar-refractivity contribution in [1.82, 2.24) is 15.5 Å². The van der Waals surface area contributed by atoms with E-state index in [0.29, 0.717) is 18.6 Å². The van der Waals surface area contributed by atoms with Crippen molar-refractivity contribution < 1.29 is 9.53 Å². The lowest BCUT2D eigenvalue weighted by atomic mass is 9.84. The Morgan fingerprint density at radius 3 is 2.53 bits per heavy atom. The number of fused-ring (bicyclic) bond motifs is 3. The quantitative estimate of drug-likeness (QED) is 0.751. The summed E-state index contributed by atoms with van der Waals surface area (Å²) in [6.45, 7) is 5.63. The minimum Gasteiger partial charge on any atom is -0.381 e. The topological polar surface area (TPSA) is 53.6 Å². The Bertz CT molecular complexity index is 310. The molecule has 5 heteroatoms. The second-order valence-electron chi connectivity index (χ2n) is 6.08. The third-order valence-electron chi connectivity index (χ3n) is 4.77. The molecule has 4 aliphatic heterocycles. The molecule has 2 bridgehead atoms. The Morgan fingerprint density at radius 2 is 1.89 bits per heavy atom. The van der Waals surface area contributed by atoms with Gasteiger partial charge in [-0.3, -0.25) is 4.79 Å². The Balaban J connectivity index is 1.38. The van der Waals surface area contributed by atoms with E-state index < -0.39 is 0 Å². The normalized spacial score (nSPS) is 35.3. The molecule has 4 aliphatic rings. The average molecular weight is 267 g/mol. The van der Waals surface area contributed by atoms with E-state index in [4.69, 9.17) is 4.74 Å². The molecule has 1 atom stereocenters. The Morgan fingerprint density at radius 1 is 1.16 bits per heavy atom. The molecule has 4 fully saturated rings. The van der Waals surface area contributed by atoms with Crippen molar-refractivity contribution in [3.8, 4) is 0 Å². The van der Waals surface area contributed by atoms with Crippen molar-refractivity contribution in [3.05, 3.63) is 0 Å². The van der Waals surface area contributed by atoms with E-state index in [1.165, 1.54) is 25.9 Å². The first-order valence-corrected chi connectivity index (χ1v) is 7.64. The van der Waals surface area contributed by atoms with Crippen molar-refractivity contribution in [1.29, 1.82) is 0 Å². The van der Waals surface area contributed by atoms with Crippen LogP contribution in [0.4, 0.5) is 0 Å². The van der Waals surface area contributed by atoms with Crippen LogP contribution in [0.1, 0.15) is 25.7 Å². The molecule has 2 N–H and O–H groups in total. The van der Waals surface area contributed by atoms with Gasteiger partial charge < -0.3 is 20.3 Å². The van der Waals surface area contributed by atoms with Crippen molar-refractivity contribution in [3.63, 3.8) is 0 Å². The van der Waals surface area contributed by atoms with Gasteiger partial charge >= 0.3 is 0 Å². The first-order chi connectivity index (χ1) is 9.31. The summed E-state index contributed by atoms with van der Waals surface area (Å²) in [6, 6.07) is 0.831. The van der Waals surface area contributed by atoms with Crippen LogP contribution in [0.2, 0.25) is 0 Å². The smallest absolute Gasteiger partial charge is 0.234 e. The fourth-order valence-corrected chi connectivity index (χ4v) is 3.54. The van der Waals surface area contributed by atoms with Gasteiger partial charge in [-0.2, -0.15) is 0 Å². The predicted octanol–water partition coefficient (Wildman–Crippen LogP) is -0.0346. The SMILES string of the molecule is O=C(CNC1CN2CCC1CC2)NC1CCOCC1. The highest BCUT2D eigenvalue weighted by Crippen LogP contribution is 2.27. The number of amides is 1. The van der Waals surface area contributed by atoms with E-state index in [9.17, 15) is 4.79 Å². The van der Waals surface area contributed by atoms with Gasteiger partial charge in [0, 0.05) is 31.8 Å². The van der Waals surface area contributed by atoms with E-state index in [1.54, 1.807) is 0 Å². The molecule has 108 valence electrons. The summed E-state index contributed by atoms with van der Waals surface area (Å²) in [4.78, 5) is 14.4. The number of piperidine rings is 3. The largest absolute Gasteiger partial charge is 0.381 e. The number of hydrogen-bond acceptors (Lipinski definition) is 4. The summed E-state index contributed by atoms with van der Waals surface area (Å²) < 4.78 is 5.30. The molecule has 0 aromatic rings. The molecule has 4 rings (SSSR count). The van der Waals surface area contributed by atoms with Crippen LogP contribution in [0.25, 0.3) is 0 Å². The summed E-state index contributed by atoms with van der Waals surface area (Å²) in [7, 11) is 0. The van der Waals surface area contributed by atoms with Crippen molar-refractivity contribution >= 4 is 5.91 Å². The fraction of sp³-hybridized carbons (Fsp3) is 0.929. The van der Waals surface area contributed by atoms with Gasteiger partial charge in [0.2, 0.25) is 5.91 Å². The van der Waals surface area contributed by atoms with Gasteiger partial charge in [-0.15, -0.1) is 0 Å². The van der Waals surface area contributed by atoms with Gasteiger partial charge in [-0.05, 0) is 44.7 Å². The molecule has 0 saturated carbocycles. The maximum absolute atomic E-state index is 11.9. The van der Waals surface area contributed by atoms with Gasteiger partial charge in [0.25, 0.3) is 0 Å². The molecule has 0 spiro atoms. The molecule has 0 radical (unpaired) electrons. The minimum absolute atomic E-state index is 0.142. The fourth-order valence-electron chi connectivity index (χ4n) is 3.54.